The molecule has 0 heterocycles. The first-order valence-electron chi connectivity index (χ1n) is 7.58. The lowest BCUT2D eigenvalue weighted by Crippen LogP contribution is -2.19. The van der Waals surface area contributed by atoms with E-state index >= 15 is 0 Å². The van der Waals surface area contributed by atoms with E-state index in [0.29, 0.717) is 0 Å². The van der Waals surface area contributed by atoms with Crippen molar-refractivity contribution in [3.8, 4) is 11.1 Å². The molecule has 0 bridgehead atoms. The summed E-state index contributed by atoms with van der Waals surface area (Å²) >= 11 is 0. The zero-order chi connectivity index (χ0) is 15.4. The van der Waals surface area contributed by atoms with Crippen molar-refractivity contribution in [1.29, 1.82) is 0 Å². The van der Waals surface area contributed by atoms with E-state index in [4.69, 9.17) is 0 Å². The molecule has 3 aromatic rings. The molecule has 1 aliphatic rings. The molecule has 0 saturated carbocycles. The number of hydrogen-bond donors (Lipinski definition) is 2. The summed E-state index contributed by atoms with van der Waals surface area (Å²) in [7, 11) is 0. The van der Waals surface area contributed by atoms with Crippen molar-refractivity contribution in [1.82, 2.24) is 0 Å². The van der Waals surface area contributed by atoms with Gasteiger partial charge in [-0.1, -0.05) is 48.5 Å². The number of aryl methyl sites for hydroxylation is 2. The molecule has 0 radical (unpaired) electrons. The Morgan fingerprint density at radius 3 is 2.05 bits per heavy atom. The molecule has 2 nitrogen and oxygen atoms in total. The van der Waals surface area contributed by atoms with Crippen molar-refractivity contribution in [3.05, 3.63) is 70.8 Å². The SMILES string of the molecule is Cc1c2c(c(C)c3ccccc13)[C@H](O)[C@H](O)c1ccccc1-2. The Labute approximate surface area is 129 Å². The molecule has 4 rings (SSSR count). The minimum atomic E-state index is -0.881. The van der Waals surface area contributed by atoms with Crippen LogP contribution in [-0.2, 0) is 0 Å². The van der Waals surface area contributed by atoms with Crippen molar-refractivity contribution >= 4 is 10.8 Å². The van der Waals surface area contributed by atoms with Crippen molar-refractivity contribution in [3.63, 3.8) is 0 Å². The van der Waals surface area contributed by atoms with Crippen LogP contribution in [0.25, 0.3) is 21.9 Å². The number of benzene rings is 3. The second kappa shape index (κ2) is 4.67. The maximum atomic E-state index is 10.7. The Bertz CT molecular complexity index is 896. The molecule has 0 aliphatic heterocycles. The fourth-order valence-corrected chi connectivity index (χ4v) is 3.83. The minimum absolute atomic E-state index is 0.806. The van der Waals surface area contributed by atoms with Crippen LogP contribution in [0.2, 0.25) is 0 Å². The predicted octanol–water partition coefficient (Wildman–Crippen LogP) is 4.20. The van der Waals surface area contributed by atoms with Gasteiger partial charge < -0.3 is 10.2 Å². The van der Waals surface area contributed by atoms with Crippen LogP contribution in [0.3, 0.4) is 0 Å². The highest BCUT2D eigenvalue weighted by Gasteiger charge is 2.33. The van der Waals surface area contributed by atoms with Gasteiger partial charge in [0, 0.05) is 0 Å². The molecule has 0 fully saturated rings. The molecule has 1 aliphatic carbocycles. The van der Waals surface area contributed by atoms with E-state index in [-0.39, 0.29) is 0 Å². The van der Waals surface area contributed by atoms with E-state index in [9.17, 15) is 10.2 Å². The summed E-state index contributed by atoms with van der Waals surface area (Å²) in [5, 5.41) is 23.6. The number of hydrogen-bond acceptors (Lipinski definition) is 2. The summed E-state index contributed by atoms with van der Waals surface area (Å²) in [4.78, 5) is 0. The first-order chi connectivity index (χ1) is 10.6. The van der Waals surface area contributed by atoms with Crippen LogP contribution in [0.15, 0.2) is 48.5 Å². The van der Waals surface area contributed by atoms with Gasteiger partial charge in [0.25, 0.3) is 0 Å². The van der Waals surface area contributed by atoms with Gasteiger partial charge in [0.1, 0.15) is 12.2 Å². The van der Waals surface area contributed by atoms with E-state index in [0.717, 1.165) is 38.8 Å². The largest absolute Gasteiger partial charge is 0.385 e. The van der Waals surface area contributed by atoms with Gasteiger partial charge >= 0.3 is 0 Å². The summed E-state index contributed by atoms with van der Waals surface area (Å²) < 4.78 is 0. The fourth-order valence-electron chi connectivity index (χ4n) is 3.83. The lowest BCUT2D eigenvalue weighted by Gasteiger charge is -2.32. The Kier molecular flexibility index (Phi) is 2.86. The predicted molar refractivity (Wildman–Crippen MR) is 88.8 cm³/mol. The van der Waals surface area contributed by atoms with Gasteiger partial charge in [-0.15, -0.1) is 0 Å². The summed E-state index contributed by atoms with van der Waals surface area (Å²) in [5.41, 5.74) is 5.99. The standard InChI is InChI=1S/C20H18O2/c1-11-13-7-3-4-8-14(13)12(2)18-17(11)15-9-5-6-10-16(15)19(21)20(18)22/h3-10,19-22H,1-2H3/t19-,20+/m1/s1. The minimum Gasteiger partial charge on any atom is -0.385 e. The molecule has 110 valence electrons. The third-order valence-electron chi connectivity index (χ3n) is 4.93. The van der Waals surface area contributed by atoms with Crippen LogP contribution >= 0.6 is 0 Å². The topological polar surface area (TPSA) is 40.5 Å². The third kappa shape index (κ3) is 1.62. The zero-order valence-electron chi connectivity index (χ0n) is 12.7. The Morgan fingerprint density at radius 2 is 1.32 bits per heavy atom. The van der Waals surface area contributed by atoms with Crippen molar-refractivity contribution in [2.24, 2.45) is 0 Å². The Hall–Kier alpha value is -2.16. The maximum absolute atomic E-state index is 10.7. The van der Waals surface area contributed by atoms with E-state index in [1.54, 1.807) is 0 Å². The van der Waals surface area contributed by atoms with Crippen LogP contribution in [0, 0.1) is 13.8 Å². The quantitative estimate of drug-likeness (QED) is 0.651. The van der Waals surface area contributed by atoms with Crippen LogP contribution in [0.1, 0.15) is 34.5 Å². The fraction of sp³-hybridized carbons (Fsp3) is 0.200. The summed E-state index contributed by atoms with van der Waals surface area (Å²) in [6, 6.07) is 16.1. The van der Waals surface area contributed by atoms with Crippen LogP contribution < -0.4 is 0 Å². The van der Waals surface area contributed by atoms with Crippen molar-refractivity contribution in [2.75, 3.05) is 0 Å². The normalized spacial score (nSPS) is 19.8. The first-order valence-corrected chi connectivity index (χ1v) is 7.58. The molecule has 22 heavy (non-hydrogen) atoms. The van der Waals surface area contributed by atoms with E-state index in [1.165, 1.54) is 5.39 Å². The summed E-state index contributed by atoms with van der Waals surface area (Å²) in [5.74, 6) is 0. The monoisotopic (exact) mass is 290 g/mol. The molecule has 0 amide bonds. The summed E-state index contributed by atoms with van der Waals surface area (Å²) in [6.45, 7) is 4.13. The Morgan fingerprint density at radius 1 is 0.727 bits per heavy atom. The average Bonchev–Trinajstić information content (AvgIpc) is 2.56. The van der Waals surface area contributed by atoms with E-state index in [2.05, 4.69) is 19.1 Å². The molecule has 2 heteroatoms. The van der Waals surface area contributed by atoms with Gasteiger partial charge in [0.05, 0.1) is 0 Å². The van der Waals surface area contributed by atoms with Crippen molar-refractivity contribution < 1.29 is 10.2 Å². The van der Waals surface area contributed by atoms with Crippen LogP contribution in [0.4, 0.5) is 0 Å². The van der Waals surface area contributed by atoms with E-state index in [1.807, 2.05) is 43.3 Å². The molecular formula is C20H18O2. The number of aliphatic hydroxyl groups is 2. The van der Waals surface area contributed by atoms with Gasteiger partial charge in [0.2, 0.25) is 0 Å². The molecule has 0 unspecified atom stereocenters. The van der Waals surface area contributed by atoms with Gasteiger partial charge in [-0.05, 0) is 58.0 Å². The van der Waals surface area contributed by atoms with Crippen molar-refractivity contribution in [2.45, 2.75) is 26.1 Å². The molecule has 3 aromatic carbocycles. The highest BCUT2D eigenvalue weighted by molar-refractivity contribution is 5.97. The third-order valence-corrected chi connectivity index (χ3v) is 4.93. The van der Waals surface area contributed by atoms with Gasteiger partial charge in [-0.3, -0.25) is 0 Å². The van der Waals surface area contributed by atoms with E-state index < -0.39 is 12.2 Å². The van der Waals surface area contributed by atoms with Gasteiger partial charge in [0.15, 0.2) is 0 Å². The molecule has 0 spiro atoms. The first kappa shape index (κ1) is 13.5. The lowest BCUT2D eigenvalue weighted by atomic mass is 9.76. The Balaban J connectivity index is 2.21. The van der Waals surface area contributed by atoms with Crippen LogP contribution in [0.5, 0.6) is 0 Å². The average molecular weight is 290 g/mol. The number of aliphatic hydroxyl groups excluding tert-OH is 2. The summed E-state index contributed by atoms with van der Waals surface area (Å²) in [6.07, 6.45) is -1.75. The van der Waals surface area contributed by atoms with Gasteiger partial charge in [-0.2, -0.15) is 0 Å². The molecule has 2 atom stereocenters. The molecule has 0 saturated heterocycles. The smallest absolute Gasteiger partial charge is 0.110 e. The molecular weight excluding hydrogens is 272 g/mol. The maximum Gasteiger partial charge on any atom is 0.110 e. The lowest BCUT2D eigenvalue weighted by molar-refractivity contribution is 0.0155. The number of fused-ring (bicyclic) bond motifs is 4. The second-order valence-corrected chi connectivity index (χ2v) is 6.06. The van der Waals surface area contributed by atoms with Gasteiger partial charge in [-0.25, -0.2) is 0 Å². The number of rotatable bonds is 0. The molecule has 0 aromatic heterocycles. The highest BCUT2D eigenvalue weighted by Crippen LogP contribution is 2.49. The molecule has 2 N–H and O–H groups in total. The highest BCUT2D eigenvalue weighted by atomic mass is 16.3. The van der Waals surface area contributed by atoms with Crippen LogP contribution in [-0.4, -0.2) is 10.2 Å². The zero-order valence-corrected chi connectivity index (χ0v) is 12.7. The second-order valence-electron chi connectivity index (χ2n) is 6.06.